The molecule has 19 heavy (non-hydrogen) atoms. The van der Waals surface area contributed by atoms with Crippen molar-refractivity contribution in [3.63, 3.8) is 0 Å². The Bertz CT molecular complexity index is 250. The van der Waals surface area contributed by atoms with Crippen LogP contribution in [-0.4, -0.2) is 25.8 Å². The van der Waals surface area contributed by atoms with E-state index in [-0.39, 0.29) is 5.60 Å². The molecule has 0 aliphatic heterocycles. The van der Waals surface area contributed by atoms with Crippen LogP contribution in [0.25, 0.3) is 0 Å². The van der Waals surface area contributed by atoms with Crippen LogP contribution in [0.1, 0.15) is 71.1 Å². The average molecular weight is 267 g/mol. The molecule has 0 amide bonds. The first-order valence-electron chi connectivity index (χ1n) is 8.44. The van der Waals surface area contributed by atoms with Gasteiger partial charge in [0.25, 0.3) is 0 Å². The van der Waals surface area contributed by atoms with E-state index in [4.69, 9.17) is 4.74 Å². The van der Waals surface area contributed by atoms with E-state index in [0.29, 0.717) is 6.04 Å². The summed E-state index contributed by atoms with van der Waals surface area (Å²) in [6, 6.07) is 0.558. The van der Waals surface area contributed by atoms with Gasteiger partial charge in [-0.05, 0) is 57.4 Å². The molecule has 0 spiro atoms. The molecule has 1 atom stereocenters. The number of rotatable bonds is 4. The third-order valence-electron chi connectivity index (χ3n) is 5.78. The van der Waals surface area contributed by atoms with Crippen LogP contribution in [-0.2, 0) is 4.74 Å². The molecular weight excluding hydrogens is 234 g/mol. The van der Waals surface area contributed by atoms with Gasteiger partial charge in [0, 0.05) is 13.2 Å². The van der Waals surface area contributed by atoms with Crippen molar-refractivity contribution in [1.82, 2.24) is 5.32 Å². The maximum Gasteiger partial charge on any atom is 0.0833 e. The smallest absolute Gasteiger partial charge is 0.0833 e. The summed E-state index contributed by atoms with van der Waals surface area (Å²) < 4.78 is 6.11. The van der Waals surface area contributed by atoms with Crippen LogP contribution in [0.3, 0.4) is 0 Å². The molecule has 2 nitrogen and oxygen atoms in total. The predicted molar refractivity (Wildman–Crippen MR) is 81.4 cm³/mol. The standard InChI is InChI=1S/C17H33NO/c1-14-10-12-17(19-3,13-11-14)16(18-2)15-8-6-4-5-7-9-15/h14-16,18H,4-13H2,1-3H3. The molecule has 0 heterocycles. The first kappa shape index (κ1) is 15.3. The minimum absolute atomic E-state index is 0.107. The number of ether oxygens (including phenoxy) is 1. The van der Waals surface area contributed by atoms with E-state index in [0.717, 1.165) is 11.8 Å². The van der Waals surface area contributed by atoms with Crippen LogP contribution in [0, 0.1) is 11.8 Å². The Balaban J connectivity index is 2.08. The first-order valence-corrected chi connectivity index (χ1v) is 8.44. The van der Waals surface area contributed by atoms with Gasteiger partial charge in [-0.25, -0.2) is 0 Å². The SMILES string of the molecule is CNC(C1CCCCCC1)C1(OC)CCC(C)CC1. The molecule has 0 aromatic rings. The van der Waals surface area contributed by atoms with Gasteiger partial charge in [0.05, 0.1) is 5.60 Å². The van der Waals surface area contributed by atoms with Crippen molar-refractivity contribution in [1.29, 1.82) is 0 Å². The number of hydrogen-bond acceptors (Lipinski definition) is 2. The second kappa shape index (κ2) is 7.08. The first-order chi connectivity index (χ1) is 9.22. The van der Waals surface area contributed by atoms with Crippen LogP contribution < -0.4 is 5.32 Å². The van der Waals surface area contributed by atoms with E-state index >= 15 is 0 Å². The second-order valence-corrected chi connectivity index (χ2v) is 6.97. The van der Waals surface area contributed by atoms with E-state index in [9.17, 15) is 0 Å². The van der Waals surface area contributed by atoms with Crippen molar-refractivity contribution in [2.75, 3.05) is 14.2 Å². The molecule has 2 aliphatic rings. The van der Waals surface area contributed by atoms with E-state index in [1.165, 1.54) is 64.2 Å². The van der Waals surface area contributed by atoms with Crippen LogP contribution in [0.2, 0.25) is 0 Å². The van der Waals surface area contributed by atoms with Gasteiger partial charge in [0.1, 0.15) is 0 Å². The summed E-state index contributed by atoms with van der Waals surface area (Å²) in [4.78, 5) is 0. The summed E-state index contributed by atoms with van der Waals surface area (Å²) in [5.41, 5.74) is 0.107. The van der Waals surface area contributed by atoms with Gasteiger partial charge in [0.2, 0.25) is 0 Å². The topological polar surface area (TPSA) is 21.3 Å². The molecule has 2 rings (SSSR count). The van der Waals surface area contributed by atoms with Gasteiger partial charge in [-0.2, -0.15) is 0 Å². The number of likely N-dealkylation sites (N-methyl/N-ethyl adjacent to an activating group) is 1. The Morgan fingerprint density at radius 3 is 2.05 bits per heavy atom. The summed E-state index contributed by atoms with van der Waals surface area (Å²) in [6.07, 6.45) is 13.6. The fourth-order valence-electron chi connectivity index (χ4n) is 4.47. The molecule has 0 bridgehead atoms. The van der Waals surface area contributed by atoms with Crippen molar-refractivity contribution < 1.29 is 4.74 Å². The molecule has 0 aromatic heterocycles. The maximum atomic E-state index is 6.11. The highest BCUT2D eigenvalue weighted by molar-refractivity contribution is 4.99. The van der Waals surface area contributed by atoms with Crippen LogP contribution in [0.5, 0.6) is 0 Å². The van der Waals surface area contributed by atoms with Gasteiger partial charge in [-0.15, -0.1) is 0 Å². The Hall–Kier alpha value is -0.0800. The van der Waals surface area contributed by atoms with Gasteiger partial charge >= 0.3 is 0 Å². The second-order valence-electron chi connectivity index (χ2n) is 6.97. The summed E-state index contributed by atoms with van der Waals surface area (Å²) in [7, 11) is 4.09. The van der Waals surface area contributed by atoms with E-state index in [1.807, 2.05) is 7.11 Å². The van der Waals surface area contributed by atoms with E-state index in [2.05, 4.69) is 19.3 Å². The van der Waals surface area contributed by atoms with Gasteiger partial charge < -0.3 is 10.1 Å². The molecule has 2 fully saturated rings. The molecular formula is C17H33NO. The highest BCUT2D eigenvalue weighted by Crippen LogP contribution is 2.41. The van der Waals surface area contributed by atoms with Crippen molar-refractivity contribution in [3.05, 3.63) is 0 Å². The van der Waals surface area contributed by atoms with Gasteiger partial charge in [-0.3, -0.25) is 0 Å². The normalized spacial score (nSPS) is 35.8. The third-order valence-corrected chi connectivity index (χ3v) is 5.78. The monoisotopic (exact) mass is 267 g/mol. The molecule has 0 aromatic carbocycles. The Morgan fingerprint density at radius 1 is 1.00 bits per heavy atom. The quantitative estimate of drug-likeness (QED) is 0.773. The van der Waals surface area contributed by atoms with Gasteiger partial charge in [-0.1, -0.05) is 32.6 Å². The lowest BCUT2D eigenvalue weighted by atomic mass is 9.70. The molecule has 2 heteroatoms. The summed E-state index contributed by atoms with van der Waals surface area (Å²) in [5, 5.41) is 3.65. The molecule has 1 unspecified atom stereocenters. The Morgan fingerprint density at radius 2 is 1.58 bits per heavy atom. The number of nitrogens with one attached hydrogen (secondary N) is 1. The minimum atomic E-state index is 0.107. The number of hydrogen-bond donors (Lipinski definition) is 1. The zero-order valence-corrected chi connectivity index (χ0v) is 13.2. The summed E-state index contributed by atoms with van der Waals surface area (Å²) >= 11 is 0. The van der Waals surface area contributed by atoms with E-state index < -0.39 is 0 Å². The maximum absolute atomic E-state index is 6.11. The van der Waals surface area contributed by atoms with E-state index in [1.54, 1.807) is 0 Å². The molecule has 112 valence electrons. The summed E-state index contributed by atoms with van der Waals surface area (Å²) in [6.45, 7) is 2.39. The largest absolute Gasteiger partial charge is 0.377 e. The number of methoxy groups -OCH3 is 1. The third kappa shape index (κ3) is 3.52. The Labute approximate surface area is 119 Å². The zero-order chi connectivity index (χ0) is 13.7. The lowest BCUT2D eigenvalue weighted by molar-refractivity contribution is -0.0880. The highest BCUT2D eigenvalue weighted by atomic mass is 16.5. The molecule has 0 radical (unpaired) electrons. The summed E-state index contributed by atoms with van der Waals surface area (Å²) in [5.74, 6) is 1.70. The van der Waals surface area contributed by atoms with Crippen LogP contribution >= 0.6 is 0 Å². The fraction of sp³-hybridized carbons (Fsp3) is 1.00. The minimum Gasteiger partial charge on any atom is -0.377 e. The van der Waals surface area contributed by atoms with Crippen LogP contribution in [0.15, 0.2) is 0 Å². The van der Waals surface area contributed by atoms with Crippen molar-refractivity contribution in [3.8, 4) is 0 Å². The van der Waals surface area contributed by atoms with Gasteiger partial charge in [0.15, 0.2) is 0 Å². The molecule has 0 saturated heterocycles. The molecule has 2 aliphatic carbocycles. The average Bonchev–Trinajstić information content (AvgIpc) is 2.71. The fourth-order valence-corrected chi connectivity index (χ4v) is 4.47. The lowest BCUT2D eigenvalue weighted by Crippen LogP contribution is -2.56. The predicted octanol–water partition coefficient (Wildman–Crippen LogP) is 4.14. The van der Waals surface area contributed by atoms with Crippen molar-refractivity contribution in [2.24, 2.45) is 11.8 Å². The van der Waals surface area contributed by atoms with Crippen LogP contribution in [0.4, 0.5) is 0 Å². The van der Waals surface area contributed by atoms with Crippen molar-refractivity contribution >= 4 is 0 Å². The van der Waals surface area contributed by atoms with Crippen molar-refractivity contribution in [2.45, 2.75) is 82.8 Å². The molecule has 2 saturated carbocycles. The molecule has 1 N–H and O–H groups in total. The lowest BCUT2D eigenvalue weighted by Gasteiger charge is -2.47. The zero-order valence-electron chi connectivity index (χ0n) is 13.2. The Kier molecular flexibility index (Phi) is 5.70. The highest BCUT2D eigenvalue weighted by Gasteiger charge is 2.44.